The summed E-state index contributed by atoms with van der Waals surface area (Å²) in [6.45, 7) is 2.53. The second kappa shape index (κ2) is 9.72. The van der Waals surface area contributed by atoms with Crippen LogP contribution in [-0.4, -0.2) is 18.5 Å². The summed E-state index contributed by atoms with van der Waals surface area (Å²) in [5.74, 6) is 0. The Bertz CT molecular complexity index is 514. The lowest BCUT2D eigenvalue weighted by molar-refractivity contribution is 0.0339. The third kappa shape index (κ3) is 6.42. The van der Waals surface area contributed by atoms with E-state index in [-0.39, 0.29) is 0 Å². The Morgan fingerprint density at radius 1 is 0.714 bits per heavy atom. The van der Waals surface area contributed by atoms with E-state index in [1.54, 1.807) is 0 Å². The van der Waals surface area contributed by atoms with E-state index >= 15 is 0 Å². The van der Waals surface area contributed by atoms with E-state index < -0.39 is 0 Å². The van der Waals surface area contributed by atoms with Gasteiger partial charge in [0.25, 0.3) is 0 Å². The molecule has 3 heteroatoms. The predicted octanol–water partition coefficient (Wildman–Crippen LogP) is 4.36. The Balaban J connectivity index is 1.60. The van der Waals surface area contributed by atoms with Crippen LogP contribution in [0.15, 0.2) is 54.6 Å². The van der Waals surface area contributed by atoms with Crippen LogP contribution in [0.4, 0.5) is 0 Å². The van der Waals surface area contributed by atoms with E-state index in [4.69, 9.17) is 9.47 Å². The van der Waals surface area contributed by atoms with E-state index in [1.807, 2.05) is 18.2 Å². The predicted molar refractivity (Wildman–Crippen MR) is 89.7 cm³/mol. The molecule has 0 heterocycles. The van der Waals surface area contributed by atoms with Crippen molar-refractivity contribution in [1.82, 2.24) is 0 Å². The van der Waals surface area contributed by atoms with Crippen molar-refractivity contribution in [2.24, 2.45) is 0 Å². The highest BCUT2D eigenvalue weighted by Crippen LogP contribution is 2.08. The Hall–Kier alpha value is -1.16. The molecule has 0 fully saturated rings. The number of halogens is 1. The number of alkyl halides is 1. The lowest BCUT2D eigenvalue weighted by atomic mass is 10.1. The van der Waals surface area contributed by atoms with Crippen LogP contribution in [0.3, 0.4) is 0 Å². The summed E-state index contributed by atoms with van der Waals surface area (Å²) in [4.78, 5) is 0. The molecule has 21 heavy (non-hydrogen) atoms. The number of aryl methyl sites for hydroxylation is 1. The largest absolute Gasteiger partial charge is 0.374 e. The molecule has 0 aromatic heterocycles. The van der Waals surface area contributed by atoms with E-state index in [2.05, 4.69) is 52.3 Å². The molecule has 2 rings (SSSR count). The van der Waals surface area contributed by atoms with Crippen molar-refractivity contribution in [2.45, 2.75) is 19.6 Å². The molecule has 0 atom stereocenters. The molecule has 0 spiro atoms. The van der Waals surface area contributed by atoms with Crippen LogP contribution in [0.5, 0.6) is 0 Å². The van der Waals surface area contributed by atoms with Crippen LogP contribution in [-0.2, 0) is 29.1 Å². The summed E-state index contributed by atoms with van der Waals surface area (Å²) in [5.41, 5.74) is 3.75. The molecule has 0 bridgehead atoms. The molecule has 0 radical (unpaired) electrons. The molecule has 112 valence electrons. The SMILES string of the molecule is BrCCc1cccc(COCCOCc2ccccc2)c1. The number of rotatable bonds is 9. The van der Waals surface area contributed by atoms with Gasteiger partial charge in [-0.05, 0) is 23.1 Å². The zero-order valence-corrected chi connectivity index (χ0v) is 13.7. The Kier molecular flexibility index (Phi) is 7.50. The van der Waals surface area contributed by atoms with Crippen LogP contribution in [0.25, 0.3) is 0 Å². The van der Waals surface area contributed by atoms with Gasteiger partial charge in [0.1, 0.15) is 0 Å². The maximum absolute atomic E-state index is 5.65. The fourth-order valence-electron chi connectivity index (χ4n) is 2.06. The molecule has 0 saturated carbocycles. The van der Waals surface area contributed by atoms with Crippen molar-refractivity contribution in [3.8, 4) is 0 Å². The highest BCUT2D eigenvalue weighted by molar-refractivity contribution is 9.09. The lowest BCUT2D eigenvalue weighted by Crippen LogP contribution is -2.04. The topological polar surface area (TPSA) is 18.5 Å². The maximum Gasteiger partial charge on any atom is 0.0718 e. The minimum atomic E-state index is 0.621. The van der Waals surface area contributed by atoms with E-state index in [9.17, 15) is 0 Å². The Morgan fingerprint density at radius 2 is 1.33 bits per heavy atom. The molecule has 0 aliphatic heterocycles. The van der Waals surface area contributed by atoms with Crippen molar-refractivity contribution in [3.05, 3.63) is 71.3 Å². The lowest BCUT2D eigenvalue weighted by Gasteiger charge is -2.07. The van der Waals surface area contributed by atoms with Gasteiger partial charge in [-0.3, -0.25) is 0 Å². The van der Waals surface area contributed by atoms with Gasteiger partial charge in [0.15, 0.2) is 0 Å². The molecule has 0 aliphatic carbocycles. The normalized spacial score (nSPS) is 10.7. The van der Waals surface area contributed by atoms with E-state index in [1.165, 1.54) is 16.7 Å². The number of benzene rings is 2. The van der Waals surface area contributed by atoms with Gasteiger partial charge in [0.2, 0.25) is 0 Å². The van der Waals surface area contributed by atoms with Gasteiger partial charge in [-0.15, -0.1) is 0 Å². The summed E-state index contributed by atoms with van der Waals surface area (Å²) in [6.07, 6.45) is 1.05. The minimum Gasteiger partial charge on any atom is -0.374 e. The maximum atomic E-state index is 5.65. The average Bonchev–Trinajstić information content (AvgIpc) is 2.52. The highest BCUT2D eigenvalue weighted by atomic mass is 79.9. The van der Waals surface area contributed by atoms with Crippen LogP contribution >= 0.6 is 15.9 Å². The monoisotopic (exact) mass is 348 g/mol. The van der Waals surface area contributed by atoms with Crippen molar-refractivity contribution in [1.29, 1.82) is 0 Å². The van der Waals surface area contributed by atoms with Crippen LogP contribution < -0.4 is 0 Å². The zero-order valence-electron chi connectivity index (χ0n) is 12.1. The van der Waals surface area contributed by atoms with Crippen molar-refractivity contribution in [3.63, 3.8) is 0 Å². The molecule has 0 unspecified atom stereocenters. The Labute approximate surface area is 135 Å². The zero-order chi connectivity index (χ0) is 14.8. The third-order valence-electron chi connectivity index (χ3n) is 3.13. The first-order valence-electron chi connectivity index (χ1n) is 7.21. The van der Waals surface area contributed by atoms with Crippen molar-refractivity contribution >= 4 is 15.9 Å². The van der Waals surface area contributed by atoms with Crippen molar-refractivity contribution < 1.29 is 9.47 Å². The van der Waals surface area contributed by atoms with Gasteiger partial charge >= 0.3 is 0 Å². The van der Waals surface area contributed by atoms with E-state index in [0.717, 1.165) is 11.8 Å². The van der Waals surface area contributed by atoms with Gasteiger partial charge in [-0.25, -0.2) is 0 Å². The highest BCUT2D eigenvalue weighted by Gasteiger charge is 1.97. The molecule has 2 nitrogen and oxygen atoms in total. The standard InChI is InChI=1S/C18H21BrO2/c19-10-9-16-7-4-8-18(13-16)15-21-12-11-20-14-17-5-2-1-3-6-17/h1-8,13H,9-12,14-15H2. The number of hydrogen-bond donors (Lipinski definition) is 0. The molecular formula is C18H21BrO2. The van der Waals surface area contributed by atoms with Crippen LogP contribution in [0, 0.1) is 0 Å². The van der Waals surface area contributed by atoms with Crippen LogP contribution in [0.2, 0.25) is 0 Å². The minimum absolute atomic E-state index is 0.621. The van der Waals surface area contributed by atoms with Gasteiger partial charge in [0.05, 0.1) is 26.4 Å². The summed E-state index contributed by atoms with van der Waals surface area (Å²) in [6, 6.07) is 18.7. The molecule has 0 amide bonds. The quantitative estimate of drug-likeness (QED) is 0.495. The van der Waals surface area contributed by atoms with Gasteiger partial charge in [0, 0.05) is 5.33 Å². The summed E-state index contributed by atoms with van der Waals surface area (Å²) < 4.78 is 11.2. The molecule has 0 saturated heterocycles. The summed E-state index contributed by atoms with van der Waals surface area (Å²) in [5, 5.41) is 0.991. The fraction of sp³-hybridized carbons (Fsp3) is 0.333. The number of ether oxygens (including phenoxy) is 2. The van der Waals surface area contributed by atoms with Crippen molar-refractivity contribution in [2.75, 3.05) is 18.5 Å². The van der Waals surface area contributed by atoms with Crippen LogP contribution in [0.1, 0.15) is 16.7 Å². The van der Waals surface area contributed by atoms with E-state index in [0.29, 0.717) is 26.4 Å². The third-order valence-corrected chi connectivity index (χ3v) is 3.52. The molecule has 2 aromatic carbocycles. The first-order chi connectivity index (χ1) is 10.4. The summed E-state index contributed by atoms with van der Waals surface area (Å²) >= 11 is 3.46. The molecule has 0 aliphatic rings. The van der Waals surface area contributed by atoms with Gasteiger partial charge in [-0.2, -0.15) is 0 Å². The smallest absolute Gasteiger partial charge is 0.0718 e. The second-order valence-electron chi connectivity index (χ2n) is 4.85. The fourth-order valence-corrected chi connectivity index (χ4v) is 2.51. The van der Waals surface area contributed by atoms with Gasteiger partial charge in [-0.1, -0.05) is 70.5 Å². The molecular weight excluding hydrogens is 328 g/mol. The summed E-state index contributed by atoms with van der Waals surface area (Å²) in [7, 11) is 0. The molecule has 0 N–H and O–H groups in total. The first-order valence-corrected chi connectivity index (χ1v) is 8.34. The Morgan fingerprint density at radius 3 is 2.05 bits per heavy atom. The second-order valence-corrected chi connectivity index (χ2v) is 5.64. The average molecular weight is 349 g/mol. The van der Waals surface area contributed by atoms with Gasteiger partial charge < -0.3 is 9.47 Å². The molecule has 2 aromatic rings. The number of hydrogen-bond acceptors (Lipinski definition) is 2. The first kappa shape index (κ1) is 16.2.